The number of nitrogens with zero attached hydrogens (tertiary/aromatic N) is 3. The molecule has 0 unspecified atom stereocenters. The monoisotopic (exact) mass is 468 g/mol. The number of H-pyrrole nitrogens is 1. The molecule has 9 nitrogen and oxygen atoms in total. The first kappa shape index (κ1) is 24.2. The summed E-state index contributed by atoms with van der Waals surface area (Å²) in [6.07, 6.45) is 3.37. The number of piperidine rings is 1. The van der Waals surface area contributed by atoms with Crippen LogP contribution in [0, 0.1) is 0 Å². The van der Waals surface area contributed by atoms with Crippen molar-refractivity contribution in [1.29, 1.82) is 0 Å². The van der Waals surface area contributed by atoms with E-state index in [1.807, 2.05) is 21.9 Å². The van der Waals surface area contributed by atoms with Crippen molar-refractivity contribution in [2.24, 2.45) is 0 Å². The van der Waals surface area contributed by atoms with E-state index in [1.165, 1.54) is 0 Å². The van der Waals surface area contributed by atoms with E-state index in [4.69, 9.17) is 14.6 Å². The van der Waals surface area contributed by atoms with Gasteiger partial charge in [-0.15, -0.1) is 0 Å². The Morgan fingerprint density at radius 1 is 1.24 bits per heavy atom. The number of likely N-dealkylation sites (tertiary alicyclic amines) is 1. The second-order valence-corrected chi connectivity index (χ2v) is 7.78. The highest BCUT2D eigenvalue weighted by molar-refractivity contribution is 5.94. The SMILES string of the molecule is O=C(O)C(F)(F)F.O=C1COC2(CCN(C(=O)c3cc[nH]c3)CC2)CN1Cc1cccnc1. The number of rotatable bonds is 3. The lowest BCUT2D eigenvalue weighted by molar-refractivity contribution is -0.192. The Labute approximate surface area is 187 Å². The van der Waals surface area contributed by atoms with Crippen LogP contribution in [0.2, 0.25) is 0 Å². The summed E-state index contributed by atoms with van der Waals surface area (Å²) in [7, 11) is 0. The van der Waals surface area contributed by atoms with Gasteiger partial charge in [0, 0.05) is 44.4 Å². The first-order valence-electron chi connectivity index (χ1n) is 10.1. The predicted octanol–water partition coefficient (Wildman–Crippen LogP) is 2.08. The fourth-order valence-electron chi connectivity index (χ4n) is 3.70. The summed E-state index contributed by atoms with van der Waals surface area (Å²) in [5, 5.41) is 7.12. The highest BCUT2D eigenvalue weighted by Gasteiger charge is 2.43. The maximum Gasteiger partial charge on any atom is 0.490 e. The highest BCUT2D eigenvalue weighted by atomic mass is 19.4. The third-order valence-corrected chi connectivity index (χ3v) is 5.48. The summed E-state index contributed by atoms with van der Waals surface area (Å²) in [5.74, 6) is -2.71. The minimum atomic E-state index is -5.08. The van der Waals surface area contributed by atoms with E-state index in [1.54, 1.807) is 30.9 Å². The normalized spacial score (nSPS) is 18.0. The number of aromatic nitrogens is 2. The van der Waals surface area contributed by atoms with E-state index < -0.39 is 12.1 Å². The number of nitrogens with one attached hydrogen (secondary N) is 1. The number of carboxylic acid groups (broad SMARTS) is 1. The molecule has 2 fully saturated rings. The molecule has 2 saturated heterocycles. The van der Waals surface area contributed by atoms with E-state index >= 15 is 0 Å². The summed E-state index contributed by atoms with van der Waals surface area (Å²) in [4.78, 5) is 44.4. The van der Waals surface area contributed by atoms with Gasteiger partial charge in [0.2, 0.25) is 5.91 Å². The fraction of sp³-hybridized carbons (Fsp3) is 0.429. The van der Waals surface area contributed by atoms with Crippen LogP contribution in [-0.2, 0) is 20.9 Å². The third kappa shape index (κ3) is 6.31. The maximum absolute atomic E-state index is 12.5. The van der Waals surface area contributed by atoms with Gasteiger partial charge in [-0.2, -0.15) is 13.2 Å². The van der Waals surface area contributed by atoms with Crippen LogP contribution >= 0.6 is 0 Å². The van der Waals surface area contributed by atoms with Crippen LogP contribution in [0.5, 0.6) is 0 Å². The van der Waals surface area contributed by atoms with Crippen molar-refractivity contribution in [3.8, 4) is 0 Å². The Morgan fingerprint density at radius 3 is 2.48 bits per heavy atom. The summed E-state index contributed by atoms with van der Waals surface area (Å²) in [6, 6.07) is 5.64. The zero-order valence-corrected chi connectivity index (χ0v) is 17.5. The van der Waals surface area contributed by atoms with Crippen LogP contribution in [0.15, 0.2) is 43.0 Å². The molecule has 0 aromatic carbocycles. The van der Waals surface area contributed by atoms with Gasteiger partial charge in [-0.1, -0.05) is 6.07 Å². The molecule has 12 heteroatoms. The highest BCUT2D eigenvalue weighted by Crippen LogP contribution is 2.31. The second-order valence-electron chi connectivity index (χ2n) is 7.78. The Morgan fingerprint density at radius 2 is 1.94 bits per heavy atom. The molecule has 2 aromatic rings. The van der Waals surface area contributed by atoms with Crippen molar-refractivity contribution in [3.63, 3.8) is 0 Å². The molecule has 2 amide bonds. The molecule has 2 aromatic heterocycles. The van der Waals surface area contributed by atoms with Crippen LogP contribution in [0.1, 0.15) is 28.8 Å². The minimum absolute atomic E-state index is 0.00491. The van der Waals surface area contributed by atoms with Crippen molar-refractivity contribution >= 4 is 17.8 Å². The molecule has 0 aliphatic carbocycles. The number of carbonyl (C=O) groups is 3. The number of morpholine rings is 1. The van der Waals surface area contributed by atoms with Crippen molar-refractivity contribution in [2.45, 2.75) is 31.2 Å². The number of aromatic amines is 1. The molecule has 1 spiro atoms. The average molecular weight is 468 g/mol. The van der Waals surface area contributed by atoms with E-state index in [0.29, 0.717) is 31.7 Å². The van der Waals surface area contributed by atoms with Gasteiger partial charge >= 0.3 is 12.1 Å². The lowest BCUT2D eigenvalue weighted by atomic mass is 9.89. The topological polar surface area (TPSA) is 116 Å². The number of halogens is 3. The van der Waals surface area contributed by atoms with Gasteiger partial charge in [-0.05, 0) is 30.5 Å². The van der Waals surface area contributed by atoms with E-state index in [2.05, 4.69) is 9.97 Å². The van der Waals surface area contributed by atoms with E-state index in [9.17, 15) is 22.8 Å². The Balaban J connectivity index is 0.000000383. The summed E-state index contributed by atoms with van der Waals surface area (Å²) >= 11 is 0. The van der Waals surface area contributed by atoms with Crippen LogP contribution in [0.4, 0.5) is 13.2 Å². The van der Waals surface area contributed by atoms with Gasteiger partial charge in [0.25, 0.3) is 5.91 Å². The van der Waals surface area contributed by atoms with Crippen molar-refractivity contribution < 1.29 is 37.4 Å². The quantitative estimate of drug-likeness (QED) is 0.713. The van der Waals surface area contributed by atoms with E-state index in [0.717, 1.165) is 18.4 Å². The molecule has 2 aliphatic heterocycles. The number of ether oxygens (including phenoxy) is 1. The molecule has 4 rings (SSSR count). The molecule has 0 radical (unpaired) electrons. The molecule has 0 bridgehead atoms. The van der Waals surface area contributed by atoms with Gasteiger partial charge < -0.3 is 24.6 Å². The number of hydrogen-bond acceptors (Lipinski definition) is 5. The van der Waals surface area contributed by atoms with Crippen LogP contribution in [-0.4, -0.2) is 80.7 Å². The third-order valence-electron chi connectivity index (χ3n) is 5.48. The van der Waals surface area contributed by atoms with Crippen LogP contribution in [0.3, 0.4) is 0 Å². The molecule has 33 heavy (non-hydrogen) atoms. The smallest absolute Gasteiger partial charge is 0.475 e. The standard InChI is InChI=1S/C19H22N4O3.C2HF3O2/c24-17-13-26-19(14-23(17)12-15-2-1-6-20-10-15)4-8-22(9-5-19)18(25)16-3-7-21-11-16;3-2(4,5)1(6)7/h1-3,6-7,10-11,21H,4-5,8-9,12-14H2;(H,6,7). The largest absolute Gasteiger partial charge is 0.490 e. The molecular formula is C21H23F3N4O5. The zero-order chi connectivity index (χ0) is 24.1. The van der Waals surface area contributed by atoms with Crippen molar-refractivity contribution in [1.82, 2.24) is 19.8 Å². The van der Waals surface area contributed by atoms with Gasteiger partial charge in [-0.25, -0.2) is 4.79 Å². The molecule has 2 N–H and O–H groups in total. The summed E-state index contributed by atoms with van der Waals surface area (Å²) in [5.41, 5.74) is 1.34. The predicted molar refractivity (Wildman–Crippen MR) is 108 cm³/mol. The van der Waals surface area contributed by atoms with Crippen LogP contribution < -0.4 is 0 Å². The van der Waals surface area contributed by atoms with Gasteiger partial charge in [0.1, 0.15) is 6.61 Å². The molecule has 0 saturated carbocycles. The number of amides is 2. The number of aliphatic carboxylic acids is 1. The number of carbonyl (C=O) groups excluding carboxylic acids is 2. The van der Waals surface area contributed by atoms with Gasteiger partial charge in [0.15, 0.2) is 0 Å². The lowest BCUT2D eigenvalue weighted by Crippen LogP contribution is -2.59. The second kappa shape index (κ2) is 10.0. The summed E-state index contributed by atoms with van der Waals surface area (Å²) < 4.78 is 37.7. The van der Waals surface area contributed by atoms with Crippen molar-refractivity contribution in [3.05, 3.63) is 54.1 Å². The maximum atomic E-state index is 12.5. The molecule has 178 valence electrons. The molecule has 2 aliphatic rings. The molecule has 4 heterocycles. The molecule has 0 atom stereocenters. The van der Waals surface area contributed by atoms with Gasteiger partial charge in [-0.3, -0.25) is 14.6 Å². The van der Waals surface area contributed by atoms with Gasteiger partial charge in [0.05, 0.1) is 17.7 Å². The van der Waals surface area contributed by atoms with Crippen molar-refractivity contribution in [2.75, 3.05) is 26.2 Å². The number of carboxylic acids is 1. The number of pyridine rings is 1. The number of hydrogen-bond donors (Lipinski definition) is 2. The Hall–Kier alpha value is -3.41. The first-order chi connectivity index (χ1) is 15.6. The average Bonchev–Trinajstić information content (AvgIpc) is 3.32. The lowest BCUT2D eigenvalue weighted by Gasteiger charge is -2.47. The first-order valence-corrected chi connectivity index (χ1v) is 10.1. The van der Waals surface area contributed by atoms with Crippen LogP contribution in [0.25, 0.3) is 0 Å². The number of alkyl halides is 3. The minimum Gasteiger partial charge on any atom is -0.475 e. The van der Waals surface area contributed by atoms with E-state index in [-0.39, 0.29) is 24.0 Å². The molecular weight excluding hydrogens is 445 g/mol. The fourth-order valence-corrected chi connectivity index (χ4v) is 3.70. The Bertz CT molecular complexity index is 958. The Kier molecular flexibility index (Phi) is 7.36. The summed E-state index contributed by atoms with van der Waals surface area (Å²) in [6.45, 7) is 2.49. The zero-order valence-electron chi connectivity index (χ0n) is 17.5.